The lowest BCUT2D eigenvalue weighted by atomic mass is 10.0. The summed E-state index contributed by atoms with van der Waals surface area (Å²) in [4.78, 5) is 9.43. The zero-order valence-corrected chi connectivity index (χ0v) is 21.6. The number of rotatable bonds is 1. The van der Waals surface area contributed by atoms with Crippen LogP contribution in [-0.4, -0.2) is 18.9 Å². The summed E-state index contributed by atoms with van der Waals surface area (Å²) in [5, 5.41) is 8.29. The van der Waals surface area contributed by atoms with E-state index >= 15 is 0 Å². The molecule has 40 heavy (non-hydrogen) atoms. The Balaban J connectivity index is 1.54. The first kappa shape index (κ1) is 20.8. The van der Waals surface area contributed by atoms with Crippen LogP contribution in [0.15, 0.2) is 108 Å². The third-order valence-electron chi connectivity index (χ3n) is 8.39. The maximum absolute atomic E-state index is 6.63. The summed E-state index contributed by atoms with van der Waals surface area (Å²) in [6.45, 7) is 0. The molecular formula is C34H17ClN4O. The predicted molar refractivity (Wildman–Crippen MR) is 163 cm³/mol. The second-order valence-electron chi connectivity index (χ2n) is 10.4. The molecular weight excluding hydrogens is 516 g/mol. The Morgan fingerprint density at radius 1 is 0.575 bits per heavy atom. The van der Waals surface area contributed by atoms with Crippen LogP contribution >= 0.6 is 11.6 Å². The fourth-order valence-electron chi connectivity index (χ4n) is 6.88. The van der Waals surface area contributed by atoms with Crippen LogP contribution in [-0.2, 0) is 0 Å². The number of hydrogen-bond acceptors (Lipinski definition) is 3. The van der Waals surface area contributed by atoms with Gasteiger partial charge in [0.05, 0.1) is 27.6 Å². The highest BCUT2D eigenvalue weighted by atomic mass is 35.5. The summed E-state index contributed by atoms with van der Waals surface area (Å²) in [5.41, 5.74) is 7.81. The van der Waals surface area contributed by atoms with Crippen molar-refractivity contribution in [3.63, 3.8) is 0 Å². The fourth-order valence-corrected chi connectivity index (χ4v) is 7.04. The Hall–Kier alpha value is -5.13. The molecule has 0 aliphatic carbocycles. The van der Waals surface area contributed by atoms with Crippen molar-refractivity contribution in [2.75, 3.05) is 0 Å². The van der Waals surface area contributed by atoms with Gasteiger partial charge in [-0.05, 0) is 48.0 Å². The molecule has 10 rings (SSSR count). The average molecular weight is 533 g/mol. The summed E-state index contributed by atoms with van der Waals surface area (Å²) >= 11 is 6.63. The number of aromatic nitrogens is 4. The van der Waals surface area contributed by atoms with Gasteiger partial charge < -0.3 is 8.82 Å². The van der Waals surface area contributed by atoms with Crippen molar-refractivity contribution in [2.45, 2.75) is 0 Å². The van der Waals surface area contributed by atoms with Gasteiger partial charge in [-0.3, -0.25) is 4.57 Å². The monoisotopic (exact) mass is 532 g/mol. The van der Waals surface area contributed by atoms with E-state index in [1.54, 1.807) is 0 Å². The first-order valence-electron chi connectivity index (χ1n) is 13.2. The van der Waals surface area contributed by atoms with E-state index in [4.69, 9.17) is 21.0 Å². The average Bonchev–Trinajstić information content (AvgIpc) is 3.72. The summed E-state index contributed by atoms with van der Waals surface area (Å²) in [7, 11) is 0. The van der Waals surface area contributed by atoms with E-state index in [2.05, 4.69) is 92.8 Å². The number of halogens is 1. The lowest BCUT2D eigenvalue weighted by molar-refractivity contribution is 0.662. The van der Waals surface area contributed by atoms with E-state index in [0.717, 1.165) is 32.8 Å². The van der Waals surface area contributed by atoms with Crippen LogP contribution in [0.5, 0.6) is 0 Å². The smallest absolute Gasteiger partial charge is 0.225 e. The first-order valence-corrected chi connectivity index (χ1v) is 13.6. The van der Waals surface area contributed by atoms with E-state index in [-0.39, 0.29) is 5.28 Å². The Kier molecular flexibility index (Phi) is 3.68. The van der Waals surface area contributed by atoms with Gasteiger partial charge in [-0.15, -0.1) is 0 Å². The molecule has 0 saturated carbocycles. The van der Waals surface area contributed by atoms with E-state index in [9.17, 15) is 0 Å². The van der Waals surface area contributed by atoms with Gasteiger partial charge in [0, 0.05) is 37.7 Å². The topological polar surface area (TPSA) is 48.3 Å². The molecule has 0 aliphatic heterocycles. The molecule has 5 aromatic carbocycles. The van der Waals surface area contributed by atoms with Crippen LogP contribution in [0.2, 0.25) is 5.28 Å². The summed E-state index contributed by atoms with van der Waals surface area (Å²) in [6.07, 6.45) is 0. The van der Waals surface area contributed by atoms with Crippen molar-refractivity contribution in [3.05, 3.63) is 108 Å². The number of furan rings is 1. The van der Waals surface area contributed by atoms with Gasteiger partial charge in [0.1, 0.15) is 11.1 Å². The number of hydrogen-bond donors (Lipinski definition) is 0. The molecule has 0 saturated heterocycles. The van der Waals surface area contributed by atoms with Gasteiger partial charge in [0.2, 0.25) is 5.28 Å². The van der Waals surface area contributed by atoms with Crippen molar-refractivity contribution in [1.29, 1.82) is 0 Å². The highest BCUT2D eigenvalue weighted by Crippen LogP contribution is 2.47. The fraction of sp³-hybridized carbons (Fsp3) is 0. The molecule has 0 bridgehead atoms. The van der Waals surface area contributed by atoms with Crippen LogP contribution in [0, 0.1) is 0 Å². The quantitative estimate of drug-likeness (QED) is 0.198. The second kappa shape index (κ2) is 7.08. The Morgan fingerprint density at radius 3 is 1.98 bits per heavy atom. The highest BCUT2D eigenvalue weighted by Gasteiger charge is 2.26. The number of para-hydroxylation sites is 4. The lowest BCUT2D eigenvalue weighted by Gasteiger charge is -2.09. The van der Waals surface area contributed by atoms with Crippen molar-refractivity contribution in [3.8, 4) is 5.82 Å². The molecule has 6 heteroatoms. The normalized spacial score (nSPS) is 12.6. The van der Waals surface area contributed by atoms with Crippen molar-refractivity contribution in [1.82, 2.24) is 18.9 Å². The SMILES string of the molecule is Clc1nc(-n2c3ccccc3c3cc4c5ccccc5n5c6ccccc6c(c32)c45)c2oc3ccccc3c2n1. The number of nitrogens with zero attached hydrogens (tertiary/aromatic N) is 4. The maximum Gasteiger partial charge on any atom is 0.225 e. The molecule has 0 amide bonds. The molecule has 0 fully saturated rings. The molecule has 0 N–H and O–H groups in total. The number of benzene rings is 5. The van der Waals surface area contributed by atoms with Crippen molar-refractivity contribution >= 4 is 93.6 Å². The Bertz CT molecular complexity index is 2680. The Morgan fingerprint density at radius 2 is 1.18 bits per heavy atom. The van der Waals surface area contributed by atoms with Gasteiger partial charge in [-0.1, -0.05) is 66.7 Å². The minimum absolute atomic E-state index is 0.187. The van der Waals surface area contributed by atoms with Crippen LogP contribution < -0.4 is 0 Å². The van der Waals surface area contributed by atoms with Crippen molar-refractivity contribution in [2.24, 2.45) is 0 Å². The van der Waals surface area contributed by atoms with E-state index in [1.807, 2.05) is 24.3 Å². The molecule has 186 valence electrons. The third-order valence-corrected chi connectivity index (χ3v) is 8.56. The van der Waals surface area contributed by atoms with E-state index in [0.29, 0.717) is 16.9 Å². The summed E-state index contributed by atoms with van der Waals surface area (Å²) in [6, 6.07) is 36.1. The molecule has 5 heterocycles. The van der Waals surface area contributed by atoms with Crippen LogP contribution in [0.3, 0.4) is 0 Å². The van der Waals surface area contributed by atoms with Crippen molar-refractivity contribution < 1.29 is 4.42 Å². The molecule has 0 aliphatic rings. The minimum atomic E-state index is 0.187. The van der Waals surface area contributed by atoms with Gasteiger partial charge >= 0.3 is 0 Å². The molecule has 10 aromatic rings. The zero-order valence-electron chi connectivity index (χ0n) is 20.9. The maximum atomic E-state index is 6.63. The predicted octanol–water partition coefficient (Wildman–Crippen LogP) is 9.28. The third kappa shape index (κ3) is 2.36. The molecule has 5 nitrogen and oxygen atoms in total. The van der Waals surface area contributed by atoms with Gasteiger partial charge in [0.15, 0.2) is 11.4 Å². The zero-order chi connectivity index (χ0) is 26.1. The van der Waals surface area contributed by atoms with Gasteiger partial charge in [-0.25, -0.2) is 4.98 Å². The largest absolute Gasteiger partial charge is 0.450 e. The summed E-state index contributed by atoms with van der Waals surface area (Å²) < 4.78 is 11.1. The Labute approximate surface area is 230 Å². The minimum Gasteiger partial charge on any atom is -0.450 e. The standard InChI is InChI=1S/C34H17ClN4O/c35-34-36-29-21-12-4-8-16-27(21)40-32(29)33(37-34)39-25-14-6-2-10-19(25)23-17-22-18-9-1-5-13-24(18)38-26-15-7-3-11-20(26)28(30(22)38)31(23)39/h1-17H. The van der Waals surface area contributed by atoms with Crippen LogP contribution in [0.4, 0.5) is 0 Å². The first-order chi connectivity index (χ1) is 19.8. The summed E-state index contributed by atoms with van der Waals surface area (Å²) in [5.74, 6) is 0.639. The highest BCUT2D eigenvalue weighted by molar-refractivity contribution is 6.34. The van der Waals surface area contributed by atoms with Gasteiger partial charge in [0.25, 0.3) is 0 Å². The molecule has 0 spiro atoms. The van der Waals surface area contributed by atoms with Crippen LogP contribution in [0.1, 0.15) is 0 Å². The van der Waals surface area contributed by atoms with Gasteiger partial charge in [-0.2, -0.15) is 4.98 Å². The molecule has 0 radical (unpaired) electrons. The number of fused-ring (bicyclic) bond motifs is 13. The molecule has 0 unspecified atom stereocenters. The van der Waals surface area contributed by atoms with Crippen LogP contribution in [0.25, 0.3) is 87.8 Å². The lowest BCUT2D eigenvalue weighted by Crippen LogP contribution is -2.00. The molecule has 5 aromatic heterocycles. The van der Waals surface area contributed by atoms with E-state index in [1.165, 1.54) is 38.1 Å². The second-order valence-corrected chi connectivity index (χ2v) is 10.7. The molecule has 0 atom stereocenters. The van der Waals surface area contributed by atoms with E-state index < -0.39 is 0 Å².